The number of hydrogen-bond donors (Lipinski definition) is 1. The number of halogens is 1. The zero-order valence-corrected chi connectivity index (χ0v) is 9.04. The first-order valence-electron chi connectivity index (χ1n) is 4.10. The van der Waals surface area contributed by atoms with Crippen LogP contribution in [0.15, 0.2) is 24.3 Å². The molecule has 0 heterocycles. The molecule has 0 aliphatic rings. The Morgan fingerprint density at radius 2 is 2.15 bits per heavy atom. The molecule has 0 fully saturated rings. The molecule has 13 heavy (non-hydrogen) atoms. The normalized spacial score (nSPS) is 12.5. The molecule has 0 amide bonds. The first-order valence-corrected chi connectivity index (χ1v) is 5.22. The highest BCUT2D eigenvalue weighted by Crippen LogP contribution is 2.16. The molecule has 0 aliphatic heterocycles. The van der Waals surface area contributed by atoms with Crippen molar-refractivity contribution in [1.29, 1.82) is 0 Å². The Balaban J connectivity index is 3.12. The van der Waals surface area contributed by atoms with Crippen LogP contribution in [0.5, 0.6) is 0 Å². The molecule has 0 spiro atoms. The van der Waals surface area contributed by atoms with Crippen LogP contribution in [0.25, 0.3) is 0 Å². The lowest BCUT2D eigenvalue weighted by Crippen LogP contribution is -2.12. The van der Waals surface area contributed by atoms with Crippen LogP contribution in [0.4, 0.5) is 0 Å². The summed E-state index contributed by atoms with van der Waals surface area (Å²) < 4.78 is 0. The maximum atomic E-state index is 11.4. The molecule has 1 aromatic rings. The summed E-state index contributed by atoms with van der Waals surface area (Å²) in [5, 5.41) is 0.344. The number of carbonyl (C=O) groups excluding carboxylic acids is 1. The summed E-state index contributed by atoms with van der Waals surface area (Å²) >= 11 is 3.14. The van der Waals surface area contributed by atoms with Gasteiger partial charge in [-0.2, -0.15) is 0 Å². The summed E-state index contributed by atoms with van der Waals surface area (Å²) in [5.74, 6) is 0.0768. The van der Waals surface area contributed by atoms with Crippen LogP contribution < -0.4 is 5.73 Å². The lowest BCUT2D eigenvalue weighted by atomic mass is 10.00. The van der Waals surface area contributed by atoms with Crippen molar-refractivity contribution in [3.05, 3.63) is 35.4 Å². The quantitative estimate of drug-likeness (QED) is 0.652. The Hall–Kier alpha value is -0.670. The lowest BCUT2D eigenvalue weighted by Gasteiger charge is -2.10. The molecular formula is C10H12BrNO. The molecule has 1 aromatic carbocycles. The average molecular weight is 242 g/mol. The van der Waals surface area contributed by atoms with Gasteiger partial charge in [0.1, 0.15) is 0 Å². The predicted molar refractivity (Wildman–Crippen MR) is 57.2 cm³/mol. The zero-order valence-electron chi connectivity index (χ0n) is 7.46. The molecule has 0 radical (unpaired) electrons. The van der Waals surface area contributed by atoms with Crippen LogP contribution in [-0.4, -0.2) is 11.1 Å². The van der Waals surface area contributed by atoms with E-state index >= 15 is 0 Å². The third kappa shape index (κ3) is 2.39. The minimum Gasteiger partial charge on any atom is -0.324 e. The molecule has 0 aromatic heterocycles. The summed E-state index contributed by atoms with van der Waals surface area (Å²) in [5.41, 5.74) is 7.37. The van der Waals surface area contributed by atoms with Crippen molar-refractivity contribution in [2.75, 3.05) is 5.33 Å². The van der Waals surface area contributed by atoms with Crippen molar-refractivity contribution in [1.82, 2.24) is 0 Å². The Morgan fingerprint density at radius 3 is 2.69 bits per heavy atom. The smallest absolute Gasteiger partial charge is 0.173 e. The van der Waals surface area contributed by atoms with E-state index in [9.17, 15) is 4.79 Å². The van der Waals surface area contributed by atoms with Gasteiger partial charge in [0.2, 0.25) is 0 Å². The molecule has 1 unspecified atom stereocenters. The summed E-state index contributed by atoms with van der Waals surface area (Å²) in [7, 11) is 0. The first kappa shape index (κ1) is 10.4. The second-order valence-electron chi connectivity index (χ2n) is 2.93. The fraction of sp³-hybridized carbons (Fsp3) is 0.300. The van der Waals surface area contributed by atoms with Gasteiger partial charge in [0.15, 0.2) is 5.78 Å². The van der Waals surface area contributed by atoms with Gasteiger partial charge in [-0.25, -0.2) is 0 Å². The standard InChI is InChI=1S/C10H12BrNO/c1-7(12)8-4-2-3-5-9(8)10(13)6-11/h2-5,7H,6,12H2,1H3. The lowest BCUT2D eigenvalue weighted by molar-refractivity contribution is 0.102. The highest BCUT2D eigenvalue weighted by atomic mass is 79.9. The number of benzene rings is 1. The minimum absolute atomic E-state index is 0.0768. The predicted octanol–water partition coefficient (Wildman–Crippen LogP) is 2.28. The molecule has 1 rings (SSSR count). The third-order valence-corrected chi connectivity index (χ3v) is 2.38. The Kier molecular flexibility index (Phi) is 3.63. The number of alkyl halides is 1. The van der Waals surface area contributed by atoms with E-state index in [0.29, 0.717) is 5.33 Å². The maximum absolute atomic E-state index is 11.4. The van der Waals surface area contributed by atoms with Gasteiger partial charge in [-0.15, -0.1) is 0 Å². The average Bonchev–Trinajstić information content (AvgIpc) is 2.16. The van der Waals surface area contributed by atoms with Crippen LogP contribution in [0.2, 0.25) is 0 Å². The van der Waals surface area contributed by atoms with E-state index in [1.165, 1.54) is 0 Å². The number of ketones is 1. The summed E-state index contributed by atoms with van der Waals surface area (Å²) in [6.07, 6.45) is 0. The van der Waals surface area contributed by atoms with E-state index in [1.807, 2.05) is 31.2 Å². The van der Waals surface area contributed by atoms with Crippen molar-refractivity contribution < 1.29 is 4.79 Å². The zero-order chi connectivity index (χ0) is 9.84. The van der Waals surface area contributed by atoms with Gasteiger partial charge in [0, 0.05) is 11.6 Å². The fourth-order valence-electron chi connectivity index (χ4n) is 1.22. The van der Waals surface area contributed by atoms with Crippen molar-refractivity contribution in [3.8, 4) is 0 Å². The second kappa shape index (κ2) is 4.53. The van der Waals surface area contributed by atoms with Gasteiger partial charge in [0.25, 0.3) is 0 Å². The van der Waals surface area contributed by atoms with Gasteiger partial charge >= 0.3 is 0 Å². The summed E-state index contributed by atoms with van der Waals surface area (Å²) in [4.78, 5) is 11.4. The van der Waals surface area contributed by atoms with Crippen molar-refractivity contribution in [2.45, 2.75) is 13.0 Å². The Labute approximate surface area is 86.3 Å². The topological polar surface area (TPSA) is 43.1 Å². The van der Waals surface area contributed by atoms with Crippen LogP contribution in [-0.2, 0) is 0 Å². The van der Waals surface area contributed by atoms with E-state index in [2.05, 4.69) is 15.9 Å². The minimum atomic E-state index is -0.0980. The highest BCUT2D eigenvalue weighted by molar-refractivity contribution is 9.09. The number of hydrogen-bond acceptors (Lipinski definition) is 2. The van der Waals surface area contributed by atoms with Crippen LogP contribution in [0.3, 0.4) is 0 Å². The van der Waals surface area contributed by atoms with Gasteiger partial charge in [-0.1, -0.05) is 40.2 Å². The molecule has 0 bridgehead atoms. The Bertz CT molecular complexity index is 310. The van der Waals surface area contributed by atoms with Crippen LogP contribution in [0, 0.1) is 0 Å². The molecule has 2 N–H and O–H groups in total. The fourth-order valence-corrected chi connectivity index (χ4v) is 1.52. The number of nitrogens with two attached hydrogens (primary N) is 1. The number of Topliss-reactive ketones (excluding diaryl/α,β-unsaturated/α-hetero) is 1. The molecule has 0 saturated heterocycles. The molecule has 0 aliphatic carbocycles. The maximum Gasteiger partial charge on any atom is 0.173 e. The van der Waals surface area contributed by atoms with Crippen molar-refractivity contribution >= 4 is 21.7 Å². The van der Waals surface area contributed by atoms with Crippen LogP contribution in [0.1, 0.15) is 28.9 Å². The third-order valence-electron chi connectivity index (χ3n) is 1.87. The SMILES string of the molecule is CC(N)c1ccccc1C(=O)CBr. The van der Waals surface area contributed by atoms with Crippen molar-refractivity contribution in [2.24, 2.45) is 5.73 Å². The monoisotopic (exact) mass is 241 g/mol. The van der Waals surface area contributed by atoms with E-state index in [-0.39, 0.29) is 11.8 Å². The largest absolute Gasteiger partial charge is 0.324 e. The number of rotatable bonds is 3. The number of carbonyl (C=O) groups is 1. The molecule has 1 atom stereocenters. The van der Waals surface area contributed by atoms with Gasteiger partial charge in [0.05, 0.1) is 5.33 Å². The van der Waals surface area contributed by atoms with Gasteiger partial charge < -0.3 is 5.73 Å². The summed E-state index contributed by atoms with van der Waals surface area (Å²) in [6.45, 7) is 1.88. The molecule has 2 nitrogen and oxygen atoms in total. The molecular weight excluding hydrogens is 230 g/mol. The molecule has 70 valence electrons. The first-order chi connectivity index (χ1) is 6.16. The van der Waals surface area contributed by atoms with Crippen molar-refractivity contribution in [3.63, 3.8) is 0 Å². The molecule has 0 saturated carbocycles. The molecule has 3 heteroatoms. The van der Waals surface area contributed by atoms with E-state index in [1.54, 1.807) is 0 Å². The summed E-state index contributed by atoms with van der Waals surface area (Å²) in [6, 6.07) is 7.34. The van der Waals surface area contributed by atoms with Crippen LogP contribution >= 0.6 is 15.9 Å². The van der Waals surface area contributed by atoms with Gasteiger partial charge in [-0.05, 0) is 12.5 Å². The highest BCUT2D eigenvalue weighted by Gasteiger charge is 2.11. The van der Waals surface area contributed by atoms with E-state index in [4.69, 9.17) is 5.73 Å². The van der Waals surface area contributed by atoms with Gasteiger partial charge in [-0.3, -0.25) is 4.79 Å². The second-order valence-corrected chi connectivity index (χ2v) is 3.49. The van der Waals surface area contributed by atoms with E-state index in [0.717, 1.165) is 11.1 Å². The Morgan fingerprint density at radius 1 is 1.54 bits per heavy atom. The van der Waals surface area contributed by atoms with E-state index < -0.39 is 0 Å².